The van der Waals surface area contributed by atoms with Crippen LogP contribution in [0.2, 0.25) is 0 Å². The standard InChI is InChI=1S/C22H27NO2/c1-2-25-21-11-7-6-10-20(21)12-13-22(24)23-16-14-19(15-17-23)18-8-4-3-5-9-18/h3-11,19H,2,12-17H2,1H3. The van der Waals surface area contributed by atoms with Crippen LogP contribution in [-0.4, -0.2) is 30.5 Å². The number of rotatable bonds is 6. The van der Waals surface area contributed by atoms with Crippen molar-refractivity contribution >= 4 is 5.91 Å². The van der Waals surface area contributed by atoms with Crippen molar-refractivity contribution in [2.24, 2.45) is 0 Å². The molecule has 1 fully saturated rings. The van der Waals surface area contributed by atoms with Crippen molar-refractivity contribution in [3.05, 3.63) is 65.7 Å². The predicted octanol–water partition coefficient (Wildman–Crippen LogP) is 4.42. The van der Waals surface area contributed by atoms with Gasteiger partial charge >= 0.3 is 0 Å². The number of hydrogen-bond acceptors (Lipinski definition) is 2. The van der Waals surface area contributed by atoms with Gasteiger partial charge in [0.1, 0.15) is 5.75 Å². The highest BCUT2D eigenvalue weighted by Crippen LogP contribution is 2.28. The van der Waals surface area contributed by atoms with Gasteiger partial charge in [-0.3, -0.25) is 4.79 Å². The van der Waals surface area contributed by atoms with E-state index in [1.807, 2.05) is 30.0 Å². The fourth-order valence-electron chi connectivity index (χ4n) is 3.59. The molecular weight excluding hydrogens is 310 g/mol. The van der Waals surface area contributed by atoms with Crippen LogP contribution in [0.15, 0.2) is 54.6 Å². The zero-order valence-electron chi connectivity index (χ0n) is 15.0. The van der Waals surface area contributed by atoms with E-state index in [4.69, 9.17) is 4.74 Å². The van der Waals surface area contributed by atoms with Crippen LogP contribution in [0.4, 0.5) is 0 Å². The Bertz CT molecular complexity index is 675. The molecule has 25 heavy (non-hydrogen) atoms. The first-order valence-corrected chi connectivity index (χ1v) is 9.31. The fraction of sp³-hybridized carbons (Fsp3) is 0.409. The summed E-state index contributed by atoms with van der Waals surface area (Å²) in [6.07, 6.45) is 3.42. The molecule has 1 aliphatic heterocycles. The lowest BCUT2D eigenvalue weighted by molar-refractivity contribution is -0.132. The van der Waals surface area contributed by atoms with Crippen molar-refractivity contribution in [3.63, 3.8) is 0 Å². The molecule has 1 amide bonds. The molecule has 2 aromatic rings. The highest BCUT2D eigenvalue weighted by atomic mass is 16.5. The Kier molecular flexibility index (Phi) is 6.10. The Labute approximate surface area is 150 Å². The molecule has 2 aromatic carbocycles. The van der Waals surface area contributed by atoms with Crippen LogP contribution >= 0.6 is 0 Å². The Balaban J connectivity index is 1.50. The average molecular weight is 337 g/mol. The third-order valence-corrected chi connectivity index (χ3v) is 5.00. The summed E-state index contributed by atoms with van der Waals surface area (Å²) in [5.74, 6) is 1.75. The molecule has 3 rings (SSSR count). The summed E-state index contributed by atoms with van der Waals surface area (Å²) in [5, 5.41) is 0. The molecule has 3 nitrogen and oxygen atoms in total. The van der Waals surface area contributed by atoms with Gasteiger partial charge in [0, 0.05) is 19.5 Å². The predicted molar refractivity (Wildman–Crippen MR) is 101 cm³/mol. The first kappa shape index (κ1) is 17.5. The lowest BCUT2D eigenvalue weighted by Gasteiger charge is -2.32. The summed E-state index contributed by atoms with van der Waals surface area (Å²) in [5.41, 5.74) is 2.53. The monoisotopic (exact) mass is 337 g/mol. The number of piperidine rings is 1. The van der Waals surface area contributed by atoms with Gasteiger partial charge in [0.2, 0.25) is 5.91 Å². The zero-order valence-corrected chi connectivity index (χ0v) is 15.0. The molecule has 0 spiro atoms. The SMILES string of the molecule is CCOc1ccccc1CCC(=O)N1CCC(c2ccccc2)CC1. The van der Waals surface area contributed by atoms with Crippen molar-refractivity contribution < 1.29 is 9.53 Å². The van der Waals surface area contributed by atoms with Gasteiger partial charge in [-0.25, -0.2) is 0 Å². The van der Waals surface area contributed by atoms with E-state index in [9.17, 15) is 4.79 Å². The number of carbonyl (C=O) groups excluding carboxylic acids is 1. The largest absolute Gasteiger partial charge is 0.494 e. The number of carbonyl (C=O) groups is 1. The second-order valence-electron chi connectivity index (χ2n) is 6.61. The van der Waals surface area contributed by atoms with Gasteiger partial charge < -0.3 is 9.64 Å². The second-order valence-corrected chi connectivity index (χ2v) is 6.61. The van der Waals surface area contributed by atoms with Gasteiger partial charge in [0.05, 0.1) is 6.61 Å². The number of nitrogens with zero attached hydrogens (tertiary/aromatic N) is 1. The maximum Gasteiger partial charge on any atom is 0.222 e. The number of ether oxygens (including phenoxy) is 1. The number of likely N-dealkylation sites (tertiary alicyclic amines) is 1. The van der Waals surface area contributed by atoms with Gasteiger partial charge in [-0.15, -0.1) is 0 Å². The third kappa shape index (κ3) is 4.62. The van der Waals surface area contributed by atoms with Gasteiger partial charge in [-0.2, -0.15) is 0 Å². The van der Waals surface area contributed by atoms with Crippen LogP contribution < -0.4 is 4.74 Å². The first-order chi connectivity index (χ1) is 12.3. The molecule has 1 heterocycles. The summed E-state index contributed by atoms with van der Waals surface area (Å²) in [7, 11) is 0. The van der Waals surface area contributed by atoms with Crippen LogP contribution in [0.1, 0.15) is 43.2 Å². The van der Waals surface area contributed by atoms with Gasteiger partial charge in [0.15, 0.2) is 0 Å². The molecule has 0 aliphatic carbocycles. The molecule has 0 unspecified atom stereocenters. The van der Waals surface area contributed by atoms with Crippen LogP contribution in [0.3, 0.4) is 0 Å². The maximum atomic E-state index is 12.6. The highest BCUT2D eigenvalue weighted by molar-refractivity contribution is 5.76. The summed E-state index contributed by atoms with van der Waals surface area (Å²) in [4.78, 5) is 14.6. The van der Waals surface area contributed by atoms with Crippen LogP contribution in [0, 0.1) is 0 Å². The summed E-state index contributed by atoms with van der Waals surface area (Å²) in [6.45, 7) is 4.37. The molecule has 0 saturated carbocycles. The minimum absolute atomic E-state index is 0.262. The van der Waals surface area contributed by atoms with Crippen molar-refractivity contribution in [3.8, 4) is 5.75 Å². The zero-order chi connectivity index (χ0) is 17.5. The second kappa shape index (κ2) is 8.70. The molecule has 0 bridgehead atoms. The maximum absolute atomic E-state index is 12.6. The lowest BCUT2D eigenvalue weighted by atomic mass is 9.89. The molecule has 3 heteroatoms. The van der Waals surface area contributed by atoms with Crippen molar-refractivity contribution in [2.75, 3.05) is 19.7 Å². The van der Waals surface area contributed by atoms with Crippen molar-refractivity contribution in [1.82, 2.24) is 4.90 Å². The van der Waals surface area contributed by atoms with Gasteiger partial charge in [-0.05, 0) is 49.3 Å². The number of para-hydroxylation sites is 1. The molecule has 1 aliphatic rings. The minimum Gasteiger partial charge on any atom is -0.494 e. The number of benzene rings is 2. The Morgan fingerprint density at radius 3 is 2.44 bits per heavy atom. The molecule has 0 atom stereocenters. The van der Waals surface area contributed by atoms with E-state index in [1.165, 1.54) is 5.56 Å². The quantitative estimate of drug-likeness (QED) is 0.781. The van der Waals surface area contributed by atoms with Gasteiger partial charge in [-0.1, -0.05) is 48.5 Å². The summed E-state index contributed by atoms with van der Waals surface area (Å²) < 4.78 is 5.65. The van der Waals surface area contributed by atoms with Crippen LogP contribution in [-0.2, 0) is 11.2 Å². The van der Waals surface area contributed by atoms with Crippen molar-refractivity contribution in [2.45, 2.75) is 38.5 Å². The summed E-state index contributed by atoms with van der Waals surface area (Å²) in [6, 6.07) is 18.7. The van der Waals surface area contributed by atoms with Crippen molar-refractivity contribution in [1.29, 1.82) is 0 Å². The molecule has 0 aromatic heterocycles. The highest BCUT2D eigenvalue weighted by Gasteiger charge is 2.23. The number of hydrogen-bond donors (Lipinski definition) is 0. The topological polar surface area (TPSA) is 29.5 Å². The molecular formula is C22H27NO2. The third-order valence-electron chi connectivity index (χ3n) is 5.00. The van der Waals surface area contributed by atoms with Crippen LogP contribution in [0.25, 0.3) is 0 Å². The normalized spacial score (nSPS) is 15.2. The summed E-state index contributed by atoms with van der Waals surface area (Å²) >= 11 is 0. The molecule has 0 N–H and O–H groups in total. The van der Waals surface area contributed by atoms with E-state index in [0.29, 0.717) is 18.9 Å². The van der Waals surface area contributed by atoms with E-state index < -0.39 is 0 Å². The number of aryl methyl sites for hydroxylation is 1. The molecule has 132 valence electrons. The molecule has 1 saturated heterocycles. The Morgan fingerprint density at radius 1 is 1.04 bits per heavy atom. The van der Waals surface area contributed by atoms with Crippen LogP contribution in [0.5, 0.6) is 5.75 Å². The fourth-order valence-corrected chi connectivity index (χ4v) is 3.59. The number of amides is 1. The smallest absolute Gasteiger partial charge is 0.222 e. The Morgan fingerprint density at radius 2 is 1.72 bits per heavy atom. The van der Waals surface area contributed by atoms with E-state index in [2.05, 4.69) is 36.4 Å². The lowest BCUT2D eigenvalue weighted by Crippen LogP contribution is -2.38. The first-order valence-electron chi connectivity index (χ1n) is 9.31. The van der Waals surface area contributed by atoms with Gasteiger partial charge in [0.25, 0.3) is 0 Å². The van der Waals surface area contributed by atoms with E-state index in [1.54, 1.807) is 0 Å². The average Bonchev–Trinajstić information content (AvgIpc) is 2.68. The van der Waals surface area contributed by atoms with E-state index >= 15 is 0 Å². The van der Waals surface area contributed by atoms with E-state index in [-0.39, 0.29) is 5.91 Å². The molecule has 0 radical (unpaired) electrons. The Hall–Kier alpha value is -2.29. The minimum atomic E-state index is 0.262. The van der Waals surface area contributed by atoms with E-state index in [0.717, 1.165) is 43.7 Å².